The van der Waals surface area contributed by atoms with Crippen molar-refractivity contribution in [2.24, 2.45) is 0 Å². The lowest BCUT2D eigenvalue weighted by molar-refractivity contribution is 0.0371. The molecular formula is C43H53N7O7S2. The largest absolute Gasteiger partial charge is 0.495 e. The highest BCUT2D eigenvalue weighted by atomic mass is 32.2. The van der Waals surface area contributed by atoms with Gasteiger partial charge in [-0.2, -0.15) is 0 Å². The van der Waals surface area contributed by atoms with Crippen LogP contribution in [0.25, 0.3) is 10.8 Å². The first kappa shape index (κ1) is 43.3. The fourth-order valence-electron chi connectivity index (χ4n) is 6.59. The summed E-state index contributed by atoms with van der Waals surface area (Å²) in [7, 11) is 1.55. The second-order valence-corrected chi connectivity index (χ2v) is 18.2. The first-order valence-electron chi connectivity index (χ1n) is 19.3. The number of morpholine rings is 1. The monoisotopic (exact) mass is 843 g/mol. The second kappa shape index (κ2) is 19.2. The minimum atomic E-state index is -3.63. The number of nitrogens with zero attached hydrogens (tertiary/aromatic N) is 3. The molecule has 1 aliphatic heterocycles. The van der Waals surface area contributed by atoms with Gasteiger partial charge < -0.3 is 34.9 Å². The Morgan fingerprint density at radius 1 is 0.898 bits per heavy atom. The van der Waals surface area contributed by atoms with E-state index in [4.69, 9.17) is 18.9 Å². The van der Waals surface area contributed by atoms with E-state index in [0.29, 0.717) is 28.7 Å². The molecule has 2 heterocycles. The molecule has 1 saturated heterocycles. The molecule has 0 unspecified atom stereocenters. The van der Waals surface area contributed by atoms with E-state index in [1.807, 2.05) is 69.3 Å². The summed E-state index contributed by atoms with van der Waals surface area (Å²) >= 11 is 1.66. The van der Waals surface area contributed by atoms with E-state index in [2.05, 4.69) is 41.9 Å². The first-order chi connectivity index (χ1) is 28.2. The van der Waals surface area contributed by atoms with Crippen LogP contribution in [-0.4, -0.2) is 95.6 Å². The van der Waals surface area contributed by atoms with Gasteiger partial charge in [0.05, 0.1) is 55.6 Å². The van der Waals surface area contributed by atoms with Gasteiger partial charge in [-0.1, -0.05) is 45.0 Å². The lowest BCUT2D eigenvalue weighted by Crippen LogP contribution is -2.37. The van der Waals surface area contributed by atoms with E-state index in [0.717, 1.165) is 84.7 Å². The third-order valence-electron chi connectivity index (χ3n) is 9.54. The van der Waals surface area contributed by atoms with Crippen LogP contribution in [0.4, 0.5) is 33.4 Å². The molecule has 0 saturated carbocycles. The highest BCUT2D eigenvalue weighted by Crippen LogP contribution is 2.40. The average Bonchev–Trinajstić information content (AvgIpc) is 3.19. The highest BCUT2D eigenvalue weighted by Gasteiger charge is 2.23. The Balaban J connectivity index is 1.13. The molecule has 59 heavy (non-hydrogen) atoms. The van der Waals surface area contributed by atoms with Gasteiger partial charge in [-0.3, -0.25) is 9.62 Å². The van der Waals surface area contributed by atoms with E-state index in [-0.39, 0.29) is 16.9 Å². The number of nitrogens with one attached hydrogen (secondary N) is 4. The van der Waals surface area contributed by atoms with Crippen LogP contribution in [0, 0.1) is 0 Å². The van der Waals surface area contributed by atoms with Crippen molar-refractivity contribution in [3.05, 3.63) is 90.6 Å². The van der Waals surface area contributed by atoms with Crippen molar-refractivity contribution in [2.45, 2.75) is 37.5 Å². The zero-order valence-corrected chi connectivity index (χ0v) is 36.2. The Kier molecular flexibility index (Phi) is 14.1. The first-order valence-corrected chi connectivity index (χ1v) is 21.9. The number of carbonyl (C=O) groups excluding carboxylic acids is 1. The molecule has 2 amide bonds. The molecule has 314 valence electrons. The summed E-state index contributed by atoms with van der Waals surface area (Å²) in [4.78, 5) is 21.5. The fraction of sp³-hybridized carbons (Fsp3) is 0.349. The van der Waals surface area contributed by atoms with Crippen molar-refractivity contribution in [1.82, 2.24) is 14.2 Å². The number of pyridine rings is 1. The summed E-state index contributed by atoms with van der Waals surface area (Å²) in [5.74, 6) is 2.67. The van der Waals surface area contributed by atoms with Gasteiger partial charge in [0.25, 0.3) is 0 Å². The van der Waals surface area contributed by atoms with Gasteiger partial charge in [0.1, 0.15) is 23.1 Å². The Hall–Kier alpha value is -5.26. The lowest BCUT2D eigenvalue weighted by Gasteiger charge is -2.27. The Morgan fingerprint density at radius 3 is 2.34 bits per heavy atom. The predicted octanol–water partition coefficient (Wildman–Crippen LogP) is 8.76. The van der Waals surface area contributed by atoms with Crippen molar-refractivity contribution in [1.29, 1.82) is 0 Å². The molecule has 14 nitrogen and oxygen atoms in total. The zero-order chi connectivity index (χ0) is 42.2. The van der Waals surface area contributed by atoms with Gasteiger partial charge in [-0.25, -0.2) is 22.5 Å². The molecule has 1 aromatic heterocycles. The van der Waals surface area contributed by atoms with Gasteiger partial charge >= 0.3 is 6.03 Å². The fourth-order valence-corrected chi connectivity index (χ4v) is 8.06. The molecule has 1 fully saturated rings. The maximum absolute atomic E-state index is 13.5. The summed E-state index contributed by atoms with van der Waals surface area (Å²) in [6, 6.07) is 23.7. The van der Waals surface area contributed by atoms with Crippen LogP contribution in [0.3, 0.4) is 0 Å². The van der Waals surface area contributed by atoms with Gasteiger partial charge in [0.2, 0.25) is 10.0 Å². The summed E-state index contributed by atoms with van der Waals surface area (Å²) in [5.41, 5.74) is 2.32. The minimum Gasteiger partial charge on any atom is -0.495 e. The van der Waals surface area contributed by atoms with Crippen molar-refractivity contribution < 1.29 is 32.2 Å². The van der Waals surface area contributed by atoms with Crippen LogP contribution in [0.1, 0.15) is 32.8 Å². The molecule has 5 aromatic rings. The molecule has 0 spiro atoms. The van der Waals surface area contributed by atoms with Crippen LogP contribution in [0.15, 0.2) is 90.0 Å². The third-order valence-corrected chi connectivity index (χ3v) is 11.2. The van der Waals surface area contributed by atoms with Crippen molar-refractivity contribution in [3.8, 4) is 23.0 Å². The molecule has 1 aliphatic rings. The Labute approximate surface area is 351 Å². The number of methoxy groups -OCH3 is 2. The van der Waals surface area contributed by atoms with Gasteiger partial charge in [-0.05, 0) is 85.4 Å². The van der Waals surface area contributed by atoms with E-state index in [9.17, 15) is 13.2 Å². The molecule has 4 aromatic carbocycles. The van der Waals surface area contributed by atoms with Crippen molar-refractivity contribution in [3.63, 3.8) is 0 Å². The molecular weight excluding hydrogens is 791 g/mol. The molecule has 0 atom stereocenters. The molecule has 0 radical (unpaired) electrons. The number of urea groups is 1. The lowest BCUT2D eigenvalue weighted by atomic mass is 9.86. The summed E-state index contributed by atoms with van der Waals surface area (Å²) in [5, 5.41) is 10.7. The number of benzene rings is 4. The number of ether oxygens (including phenoxy) is 4. The number of anilines is 5. The Bertz CT molecular complexity index is 2370. The third kappa shape index (κ3) is 11.9. The smallest absolute Gasteiger partial charge is 0.323 e. The quantitative estimate of drug-likeness (QED) is 0.0702. The number of aromatic nitrogens is 1. The number of hydrogen-bond acceptors (Lipinski definition) is 12. The topological polar surface area (TPSA) is 156 Å². The molecule has 0 bridgehead atoms. The van der Waals surface area contributed by atoms with Crippen LogP contribution >= 0.6 is 11.9 Å². The number of sulfonamides is 1. The maximum atomic E-state index is 13.5. The maximum Gasteiger partial charge on any atom is 0.323 e. The van der Waals surface area contributed by atoms with Crippen LogP contribution in [0.5, 0.6) is 23.0 Å². The number of carbonyl (C=O) groups is 1. The van der Waals surface area contributed by atoms with Crippen LogP contribution in [-0.2, 0) is 20.2 Å². The van der Waals surface area contributed by atoms with Crippen LogP contribution < -0.4 is 34.9 Å². The summed E-state index contributed by atoms with van der Waals surface area (Å²) in [6.45, 7) is 11.6. The Morgan fingerprint density at radius 2 is 1.63 bits per heavy atom. The van der Waals surface area contributed by atoms with E-state index in [1.54, 1.807) is 55.6 Å². The highest BCUT2D eigenvalue weighted by molar-refractivity contribution is 7.97. The zero-order valence-electron chi connectivity index (χ0n) is 34.5. The minimum absolute atomic E-state index is 0.183. The van der Waals surface area contributed by atoms with Crippen molar-refractivity contribution >= 4 is 67.3 Å². The van der Waals surface area contributed by atoms with E-state index >= 15 is 0 Å². The number of amides is 2. The molecule has 4 N–H and O–H groups in total. The molecule has 6 rings (SSSR count). The predicted molar refractivity (Wildman–Crippen MR) is 238 cm³/mol. The van der Waals surface area contributed by atoms with Gasteiger partial charge in [0.15, 0.2) is 5.75 Å². The number of hydrogen-bond donors (Lipinski definition) is 4. The average molecular weight is 844 g/mol. The second-order valence-electron chi connectivity index (χ2n) is 15.2. The van der Waals surface area contributed by atoms with E-state index in [1.165, 1.54) is 7.11 Å². The molecule has 16 heteroatoms. The number of fused-ring (bicyclic) bond motifs is 1. The normalized spacial score (nSPS) is 13.6. The summed E-state index contributed by atoms with van der Waals surface area (Å²) in [6.07, 6.45) is 3.81. The van der Waals surface area contributed by atoms with E-state index < -0.39 is 16.1 Å². The molecule has 0 aliphatic carbocycles. The van der Waals surface area contributed by atoms with Gasteiger partial charge in [0, 0.05) is 54.4 Å². The van der Waals surface area contributed by atoms with Crippen LogP contribution in [0.2, 0.25) is 0 Å². The standard InChI is InChI=1S/C43H53N7O7S2/c1-43(2,3)29-25-35(41(55-6)36(26-29)48-59(7,52)53)47-42(51)46-34-14-15-37(33-12-9-8-11-32(33)34)57-31-17-18-44-40(28-31)45-30-13-16-39(38(27-30)54-5)58-49(4)19-10-20-50-21-23-56-24-22-50/h8-9,11-18,25-28,48H,10,19-24H2,1-7H3,(H,44,45)(H2,46,47,51). The summed E-state index contributed by atoms with van der Waals surface area (Å²) < 4.78 is 52.3. The van der Waals surface area contributed by atoms with Gasteiger partial charge in [-0.15, -0.1) is 0 Å². The SMILES string of the molecule is COc1cc(Nc2cc(Oc3ccc(NC(=O)Nc4cc(C(C)(C)C)cc(NS(C)(=O)=O)c4OC)c4ccccc34)ccn2)ccc1SN(C)CCCN1CCOCC1. The van der Waals surface area contributed by atoms with Crippen molar-refractivity contribution in [2.75, 3.05) is 87.6 Å². The number of rotatable bonds is 16.